The molecule has 128 valence electrons. The summed E-state index contributed by atoms with van der Waals surface area (Å²) in [7, 11) is 0. The second-order valence-electron chi connectivity index (χ2n) is 6.76. The van der Waals surface area contributed by atoms with E-state index in [1.807, 2.05) is 4.90 Å². The summed E-state index contributed by atoms with van der Waals surface area (Å²) in [6, 6.07) is 6.08. The molecule has 2 aliphatic rings. The first-order chi connectivity index (χ1) is 11.4. The van der Waals surface area contributed by atoms with E-state index in [1.54, 1.807) is 24.0 Å². The molecule has 2 heterocycles. The maximum atomic E-state index is 12.7. The van der Waals surface area contributed by atoms with Crippen LogP contribution in [-0.2, 0) is 4.79 Å². The maximum absolute atomic E-state index is 12.7. The van der Waals surface area contributed by atoms with E-state index >= 15 is 0 Å². The van der Waals surface area contributed by atoms with Gasteiger partial charge in [0.05, 0.1) is 4.92 Å². The van der Waals surface area contributed by atoms with Gasteiger partial charge in [0.15, 0.2) is 0 Å². The molecule has 0 aliphatic carbocycles. The van der Waals surface area contributed by atoms with Gasteiger partial charge >= 0.3 is 0 Å². The predicted molar refractivity (Wildman–Crippen MR) is 87.5 cm³/mol. The van der Waals surface area contributed by atoms with Crippen molar-refractivity contribution < 1.29 is 14.5 Å². The molecule has 1 spiro atoms. The van der Waals surface area contributed by atoms with Crippen molar-refractivity contribution in [1.29, 1.82) is 0 Å². The van der Waals surface area contributed by atoms with Crippen LogP contribution in [0.3, 0.4) is 0 Å². The quantitative estimate of drug-likeness (QED) is 0.613. The fourth-order valence-corrected chi connectivity index (χ4v) is 3.78. The molecular formula is C17H21N3O4. The monoisotopic (exact) mass is 331 g/mol. The molecule has 0 aromatic heterocycles. The first-order valence-corrected chi connectivity index (χ1v) is 8.20. The van der Waals surface area contributed by atoms with Crippen LogP contribution in [0.15, 0.2) is 24.3 Å². The van der Waals surface area contributed by atoms with Crippen molar-refractivity contribution in [3.8, 4) is 0 Å². The molecule has 0 unspecified atom stereocenters. The minimum Gasteiger partial charge on any atom is -0.342 e. The fraction of sp³-hybridized carbons (Fsp3) is 0.529. The Labute approximate surface area is 140 Å². The minimum atomic E-state index is -0.514. The van der Waals surface area contributed by atoms with Crippen LogP contribution >= 0.6 is 0 Å². The van der Waals surface area contributed by atoms with E-state index in [-0.39, 0.29) is 28.5 Å². The molecule has 1 aromatic carbocycles. The maximum Gasteiger partial charge on any atom is 0.282 e. The summed E-state index contributed by atoms with van der Waals surface area (Å²) in [5, 5.41) is 11.1. The molecule has 2 fully saturated rings. The lowest BCUT2D eigenvalue weighted by molar-refractivity contribution is -0.385. The molecule has 7 heteroatoms. The van der Waals surface area contributed by atoms with Crippen molar-refractivity contribution in [3.63, 3.8) is 0 Å². The number of piperidine rings is 1. The molecule has 7 nitrogen and oxygen atoms in total. The van der Waals surface area contributed by atoms with Gasteiger partial charge in [-0.3, -0.25) is 19.7 Å². The average molecular weight is 331 g/mol. The van der Waals surface area contributed by atoms with Gasteiger partial charge in [0.2, 0.25) is 5.91 Å². The molecule has 0 N–H and O–H groups in total. The number of para-hydroxylation sites is 1. The number of carbonyl (C=O) groups excluding carboxylic acids is 2. The summed E-state index contributed by atoms with van der Waals surface area (Å²) in [5.41, 5.74) is 0.104. The summed E-state index contributed by atoms with van der Waals surface area (Å²) in [6.07, 6.45) is 2.65. The van der Waals surface area contributed by atoms with Crippen molar-refractivity contribution in [3.05, 3.63) is 39.9 Å². The van der Waals surface area contributed by atoms with E-state index in [0.29, 0.717) is 13.1 Å². The lowest BCUT2D eigenvalue weighted by Gasteiger charge is -2.39. The van der Waals surface area contributed by atoms with Crippen LogP contribution in [0.4, 0.5) is 5.69 Å². The summed E-state index contributed by atoms with van der Waals surface area (Å²) in [5.74, 6) is -0.177. The number of hydrogen-bond acceptors (Lipinski definition) is 4. The van der Waals surface area contributed by atoms with E-state index in [9.17, 15) is 19.7 Å². The number of likely N-dealkylation sites (tertiary alicyclic amines) is 2. The van der Waals surface area contributed by atoms with E-state index < -0.39 is 4.92 Å². The summed E-state index contributed by atoms with van der Waals surface area (Å²) in [6.45, 7) is 4.29. The number of hydrogen-bond donors (Lipinski definition) is 0. The van der Waals surface area contributed by atoms with Crippen LogP contribution in [0.25, 0.3) is 0 Å². The SMILES string of the molecule is CC(=O)N1CCC2(CCN(C(=O)c3ccccc3[N+](=O)[O-])CC2)C1. The molecule has 24 heavy (non-hydrogen) atoms. The van der Waals surface area contributed by atoms with Gasteiger partial charge in [-0.25, -0.2) is 0 Å². The fourth-order valence-electron chi connectivity index (χ4n) is 3.78. The van der Waals surface area contributed by atoms with Crippen molar-refractivity contribution in [2.75, 3.05) is 26.2 Å². The highest BCUT2D eigenvalue weighted by atomic mass is 16.6. The Kier molecular flexibility index (Phi) is 4.26. The first kappa shape index (κ1) is 16.4. The molecular weight excluding hydrogens is 310 g/mol. The Bertz CT molecular complexity index is 680. The predicted octanol–water partition coefficient (Wildman–Crippen LogP) is 2.07. The highest BCUT2D eigenvalue weighted by Crippen LogP contribution is 2.40. The number of amides is 2. The molecule has 0 saturated carbocycles. The first-order valence-electron chi connectivity index (χ1n) is 8.20. The van der Waals surface area contributed by atoms with Crippen LogP contribution in [0.5, 0.6) is 0 Å². The Balaban J connectivity index is 1.68. The number of benzene rings is 1. The van der Waals surface area contributed by atoms with Gasteiger partial charge < -0.3 is 9.80 Å². The third-order valence-electron chi connectivity index (χ3n) is 5.33. The standard InChI is InChI=1S/C17H21N3O4/c1-13(21)19-11-8-17(12-19)6-9-18(10-7-17)16(22)14-4-2-3-5-15(14)20(23)24/h2-5H,6-12H2,1H3. The van der Waals surface area contributed by atoms with E-state index in [4.69, 9.17) is 0 Å². The number of nitro benzene ring substituents is 1. The van der Waals surface area contributed by atoms with Crippen molar-refractivity contribution >= 4 is 17.5 Å². The number of rotatable bonds is 2. The Morgan fingerprint density at radius 1 is 1.08 bits per heavy atom. The molecule has 3 rings (SSSR count). The lowest BCUT2D eigenvalue weighted by Crippen LogP contribution is -2.44. The Morgan fingerprint density at radius 2 is 1.67 bits per heavy atom. The van der Waals surface area contributed by atoms with Gasteiger partial charge in [-0.2, -0.15) is 0 Å². The highest BCUT2D eigenvalue weighted by molar-refractivity contribution is 5.98. The van der Waals surface area contributed by atoms with Gasteiger partial charge in [0.25, 0.3) is 11.6 Å². The van der Waals surface area contributed by atoms with Gasteiger partial charge in [-0.1, -0.05) is 12.1 Å². The third-order valence-corrected chi connectivity index (χ3v) is 5.33. The van der Waals surface area contributed by atoms with E-state index in [0.717, 1.165) is 32.4 Å². The highest BCUT2D eigenvalue weighted by Gasteiger charge is 2.42. The molecule has 0 bridgehead atoms. The van der Waals surface area contributed by atoms with Crippen molar-refractivity contribution in [2.45, 2.75) is 26.2 Å². The van der Waals surface area contributed by atoms with Gasteiger partial charge in [0, 0.05) is 39.2 Å². The largest absolute Gasteiger partial charge is 0.342 e. The summed E-state index contributed by atoms with van der Waals surface area (Å²) >= 11 is 0. The molecule has 1 aromatic rings. The van der Waals surface area contributed by atoms with E-state index in [2.05, 4.69) is 0 Å². The number of nitrogens with zero attached hydrogens (tertiary/aromatic N) is 3. The number of nitro groups is 1. The van der Waals surface area contributed by atoms with Crippen molar-refractivity contribution in [2.24, 2.45) is 5.41 Å². The molecule has 0 atom stereocenters. The van der Waals surface area contributed by atoms with Gasteiger partial charge in [-0.15, -0.1) is 0 Å². The third kappa shape index (κ3) is 2.98. The van der Waals surface area contributed by atoms with Gasteiger partial charge in [0.1, 0.15) is 5.56 Å². The second-order valence-corrected chi connectivity index (χ2v) is 6.76. The molecule has 2 amide bonds. The lowest BCUT2D eigenvalue weighted by atomic mass is 9.77. The summed E-state index contributed by atoms with van der Waals surface area (Å²) < 4.78 is 0. The van der Waals surface area contributed by atoms with Crippen LogP contribution < -0.4 is 0 Å². The topological polar surface area (TPSA) is 83.8 Å². The van der Waals surface area contributed by atoms with Crippen LogP contribution in [0.2, 0.25) is 0 Å². The van der Waals surface area contributed by atoms with Crippen LogP contribution in [-0.4, -0.2) is 52.7 Å². The summed E-state index contributed by atoms with van der Waals surface area (Å²) in [4.78, 5) is 38.4. The van der Waals surface area contributed by atoms with E-state index in [1.165, 1.54) is 12.1 Å². The zero-order chi connectivity index (χ0) is 17.3. The van der Waals surface area contributed by atoms with Crippen LogP contribution in [0, 0.1) is 15.5 Å². The zero-order valence-corrected chi connectivity index (χ0v) is 13.7. The normalized spacial score (nSPS) is 19.5. The molecule has 0 radical (unpaired) electrons. The number of carbonyl (C=O) groups is 2. The Hall–Kier alpha value is -2.44. The minimum absolute atomic E-state index is 0.102. The smallest absolute Gasteiger partial charge is 0.282 e. The zero-order valence-electron chi connectivity index (χ0n) is 13.7. The molecule has 2 aliphatic heterocycles. The van der Waals surface area contributed by atoms with Crippen molar-refractivity contribution in [1.82, 2.24) is 9.80 Å². The average Bonchev–Trinajstić information content (AvgIpc) is 2.99. The second kappa shape index (κ2) is 6.22. The molecule has 2 saturated heterocycles. The van der Waals surface area contributed by atoms with Gasteiger partial charge in [-0.05, 0) is 30.7 Å². The van der Waals surface area contributed by atoms with Crippen LogP contribution in [0.1, 0.15) is 36.5 Å². The Morgan fingerprint density at radius 3 is 2.21 bits per heavy atom.